The molecule has 0 radical (unpaired) electrons. The van der Waals surface area contributed by atoms with Crippen LogP contribution in [0.1, 0.15) is 36.2 Å². The van der Waals surface area contributed by atoms with Gasteiger partial charge in [-0.1, -0.05) is 0 Å². The molecule has 1 fully saturated rings. The number of thiophene rings is 1. The van der Waals surface area contributed by atoms with Crippen molar-refractivity contribution in [1.29, 1.82) is 5.26 Å². The van der Waals surface area contributed by atoms with Crippen molar-refractivity contribution in [3.05, 3.63) is 21.6 Å². The minimum atomic E-state index is -3.10. The van der Waals surface area contributed by atoms with Crippen molar-refractivity contribution in [2.45, 2.75) is 37.8 Å². The van der Waals surface area contributed by atoms with Gasteiger partial charge in [0.05, 0.1) is 10.4 Å². The molecule has 0 bridgehead atoms. The molecule has 110 valence electrons. The quantitative estimate of drug-likeness (QED) is 0.879. The maximum Gasteiger partial charge on any atom is 0.265 e. The SMILES string of the molecule is CC(F)(F)C(c1scc(C#N)c1F)N(CCN)C1CC1. The zero-order valence-corrected chi connectivity index (χ0v) is 11.9. The Labute approximate surface area is 119 Å². The largest absolute Gasteiger partial charge is 0.329 e. The predicted molar refractivity (Wildman–Crippen MR) is 71.1 cm³/mol. The second-order valence-corrected chi connectivity index (χ2v) is 5.97. The molecule has 1 aliphatic carbocycles. The first kappa shape index (κ1) is 15.3. The van der Waals surface area contributed by atoms with Crippen LogP contribution in [-0.4, -0.2) is 30.0 Å². The van der Waals surface area contributed by atoms with Gasteiger partial charge in [-0.3, -0.25) is 4.90 Å². The molecule has 0 spiro atoms. The Bertz CT molecular complexity index is 514. The molecular weight excluding hydrogens is 287 g/mol. The fourth-order valence-electron chi connectivity index (χ4n) is 2.37. The fourth-order valence-corrected chi connectivity index (χ4v) is 3.45. The van der Waals surface area contributed by atoms with E-state index in [0.717, 1.165) is 31.1 Å². The number of alkyl halides is 2. The summed E-state index contributed by atoms with van der Waals surface area (Å²) in [6, 6.07) is 0.358. The minimum Gasteiger partial charge on any atom is -0.329 e. The van der Waals surface area contributed by atoms with Crippen LogP contribution in [0.3, 0.4) is 0 Å². The van der Waals surface area contributed by atoms with E-state index in [4.69, 9.17) is 11.0 Å². The van der Waals surface area contributed by atoms with Gasteiger partial charge in [-0.25, -0.2) is 13.2 Å². The molecule has 20 heavy (non-hydrogen) atoms. The van der Waals surface area contributed by atoms with Crippen molar-refractivity contribution >= 4 is 11.3 Å². The Morgan fingerprint density at radius 1 is 1.60 bits per heavy atom. The number of rotatable bonds is 6. The van der Waals surface area contributed by atoms with Gasteiger partial charge in [0.15, 0.2) is 5.82 Å². The van der Waals surface area contributed by atoms with E-state index in [2.05, 4.69) is 0 Å². The van der Waals surface area contributed by atoms with Gasteiger partial charge in [0.2, 0.25) is 0 Å². The summed E-state index contributed by atoms with van der Waals surface area (Å²) in [5, 5.41) is 10.1. The van der Waals surface area contributed by atoms with Crippen molar-refractivity contribution in [3.63, 3.8) is 0 Å². The van der Waals surface area contributed by atoms with Gasteiger partial charge in [0, 0.05) is 31.4 Å². The summed E-state index contributed by atoms with van der Waals surface area (Å²) in [6.07, 6.45) is 1.65. The van der Waals surface area contributed by atoms with E-state index in [1.165, 1.54) is 5.38 Å². The predicted octanol–water partition coefficient (Wildman–Crippen LogP) is 2.88. The summed E-state index contributed by atoms with van der Waals surface area (Å²) in [7, 11) is 0. The summed E-state index contributed by atoms with van der Waals surface area (Å²) in [5.41, 5.74) is 5.32. The molecule has 0 amide bonds. The van der Waals surface area contributed by atoms with Gasteiger partial charge >= 0.3 is 0 Å². The Morgan fingerprint density at radius 3 is 2.65 bits per heavy atom. The lowest BCUT2D eigenvalue weighted by Gasteiger charge is -2.34. The summed E-state index contributed by atoms with van der Waals surface area (Å²) in [6.45, 7) is 1.31. The highest BCUT2D eigenvalue weighted by atomic mass is 32.1. The monoisotopic (exact) mass is 303 g/mol. The van der Waals surface area contributed by atoms with E-state index < -0.39 is 17.8 Å². The number of nitriles is 1. The van der Waals surface area contributed by atoms with Crippen molar-refractivity contribution in [2.24, 2.45) is 5.73 Å². The van der Waals surface area contributed by atoms with Crippen LogP contribution >= 0.6 is 11.3 Å². The van der Waals surface area contributed by atoms with E-state index >= 15 is 0 Å². The number of halogens is 3. The lowest BCUT2D eigenvalue weighted by molar-refractivity contribution is -0.0707. The van der Waals surface area contributed by atoms with Crippen LogP contribution in [-0.2, 0) is 0 Å². The van der Waals surface area contributed by atoms with Gasteiger partial charge in [0.25, 0.3) is 5.92 Å². The van der Waals surface area contributed by atoms with E-state index in [1.54, 1.807) is 11.0 Å². The lowest BCUT2D eigenvalue weighted by Crippen LogP contribution is -2.43. The molecule has 0 aliphatic heterocycles. The fraction of sp³-hybridized carbons (Fsp3) is 0.615. The maximum absolute atomic E-state index is 14.1. The Kier molecular flexibility index (Phi) is 4.37. The van der Waals surface area contributed by atoms with Crippen LogP contribution in [0.4, 0.5) is 13.2 Å². The van der Waals surface area contributed by atoms with Gasteiger partial charge < -0.3 is 5.73 Å². The molecule has 1 aromatic rings. The maximum atomic E-state index is 14.1. The van der Waals surface area contributed by atoms with Crippen LogP contribution < -0.4 is 5.73 Å². The van der Waals surface area contributed by atoms with Crippen LogP contribution in [0.2, 0.25) is 0 Å². The molecule has 1 unspecified atom stereocenters. The number of nitrogens with two attached hydrogens (primary N) is 1. The molecule has 1 atom stereocenters. The number of hydrogen-bond donors (Lipinski definition) is 1. The minimum absolute atomic E-state index is 0.0291. The first-order chi connectivity index (χ1) is 9.40. The molecule has 3 nitrogen and oxygen atoms in total. The average molecular weight is 303 g/mol. The Hall–Kier alpha value is -1.10. The van der Waals surface area contributed by atoms with Crippen LogP contribution in [0, 0.1) is 17.1 Å². The summed E-state index contributed by atoms with van der Waals surface area (Å²) < 4.78 is 42.1. The molecule has 1 saturated carbocycles. The van der Waals surface area contributed by atoms with Crippen LogP contribution in [0.15, 0.2) is 5.38 Å². The summed E-state index contributed by atoms with van der Waals surface area (Å²) in [5.74, 6) is -3.93. The molecule has 1 heterocycles. The highest BCUT2D eigenvalue weighted by molar-refractivity contribution is 7.10. The lowest BCUT2D eigenvalue weighted by atomic mass is 10.1. The standard InChI is InChI=1S/C13H16F3N3S/c1-13(15,16)12(19(5-4-17)9-2-3-9)11-10(14)8(6-18)7-20-11/h7,9,12H,2-5,17H2,1H3. The van der Waals surface area contributed by atoms with E-state index in [-0.39, 0.29) is 29.6 Å². The van der Waals surface area contributed by atoms with E-state index in [0.29, 0.717) is 0 Å². The third-order valence-electron chi connectivity index (χ3n) is 3.34. The molecule has 0 saturated heterocycles. The smallest absolute Gasteiger partial charge is 0.265 e. The second kappa shape index (κ2) is 5.72. The topological polar surface area (TPSA) is 53.0 Å². The third-order valence-corrected chi connectivity index (χ3v) is 4.35. The van der Waals surface area contributed by atoms with Crippen LogP contribution in [0.25, 0.3) is 0 Å². The molecule has 2 rings (SSSR count). The second-order valence-electron chi connectivity index (χ2n) is 5.06. The van der Waals surface area contributed by atoms with E-state index in [9.17, 15) is 13.2 Å². The number of nitrogens with zero attached hydrogens (tertiary/aromatic N) is 2. The highest BCUT2D eigenvalue weighted by Crippen LogP contribution is 2.45. The highest BCUT2D eigenvalue weighted by Gasteiger charge is 2.47. The molecule has 0 aromatic carbocycles. The van der Waals surface area contributed by atoms with Gasteiger partial charge in [-0.05, 0) is 12.8 Å². The average Bonchev–Trinajstić information content (AvgIpc) is 3.13. The normalized spacial score (nSPS) is 17.2. The first-order valence-corrected chi connectivity index (χ1v) is 7.28. The van der Waals surface area contributed by atoms with Crippen molar-refractivity contribution in [1.82, 2.24) is 4.90 Å². The van der Waals surface area contributed by atoms with E-state index in [1.807, 2.05) is 0 Å². The Morgan fingerprint density at radius 2 is 2.25 bits per heavy atom. The summed E-state index contributed by atoms with van der Waals surface area (Å²) in [4.78, 5) is 1.50. The molecular formula is C13H16F3N3S. The van der Waals surface area contributed by atoms with Gasteiger partial charge in [-0.15, -0.1) is 11.3 Å². The van der Waals surface area contributed by atoms with Gasteiger partial charge in [-0.2, -0.15) is 5.26 Å². The van der Waals surface area contributed by atoms with Crippen molar-refractivity contribution in [3.8, 4) is 6.07 Å². The van der Waals surface area contributed by atoms with Crippen LogP contribution in [0.5, 0.6) is 0 Å². The van der Waals surface area contributed by atoms with Crippen molar-refractivity contribution < 1.29 is 13.2 Å². The number of hydrogen-bond acceptors (Lipinski definition) is 4. The molecule has 1 aromatic heterocycles. The summed E-state index contributed by atoms with van der Waals surface area (Å²) >= 11 is 0.875. The first-order valence-electron chi connectivity index (χ1n) is 6.40. The zero-order valence-electron chi connectivity index (χ0n) is 11.1. The molecule has 7 heteroatoms. The van der Waals surface area contributed by atoms with Crippen molar-refractivity contribution in [2.75, 3.05) is 13.1 Å². The zero-order chi connectivity index (χ0) is 14.9. The molecule has 2 N–H and O–H groups in total. The third kappa shape index (κ3) is 2.97. The molecule has 1 aliphatic rings. The van der Waals surface area contributed by atoms with Gasteiger partial charge in [0.1, 0.15) is 12.1 Å². The Balaban J connectivity index is 2.41.